The normalized spacial score (nSPS) is 10.0. The fourth-order valence-electron chi connectivity index (χ4n) is 1.36. The molecule has 0 radical (unpaired) electrons. The molecule has 0 saturated heterocycles. The van der Waals surface area contributed by atoms with Gasteiger partial charge in [0, 0.05) is 12.2 Å². The minimum absolute atomic E-state index is 0.274. The molecule has 0 aromatic heterocycles. The molecular formula is C12H18FN3O. The van der Waals surface area contributed by atoms with E-state index >= 15 is 0 Å². The molecule has 0 fully saturated rings. The number of anilines is 1. The van der Waals surface area contributed by atoms with Crippen molar-refractivity contribution in [3.8, 4) is 0 Å². The van der Waals surface area contributed by atoms with Crippen LogP contribution in [-0.2, 0) is 0 Å². The molecule has 94 valence electrons. The van der Waals surface area contributed by atoms with Crippen LogP contribution in [0.5, 0.6) is 0 Å². The molecule has 0 unspecified atom stereocenters. The van der Waals surface area contributed by atoms with Crippen LogP contribution in [0.3, 0.4) is 0 Å². The van der Waals surface area contributed by atoms with Crippen molar-refractivity contribution < 1.29 is 9.18 Å². The quantitative estimate of drug-likeness (QED) is 0.665. The summed E-state index contributed by atoms with van der Waals surface area (Å²) in [5.74, 6) is -0.322. The van der Waals surface area contributed by atoms with Crippen molar-refractivity contribution in [1.29, 1.82) is 0 Å². The van der Waals surface area contributed by atoms with E-state index in [1.54, 1.807) is 0 Å². The van der Waals surface area contributed by atoms with E-state index in [-0.39, 0.29) is 11.8 Å². The highest BCUT2D eigenvalue weighted by atomic mass is 19.1. The number of rotatable bonds is 6. The van der Waals surface area contributed by atoms with Crippen LogP contribution >= 0.6 is 0 Å². The first-order valence-electron chi connectivity index (χ1n) is 5.73. The molecule has 0 atom stereocenters. The lowest BCUT2D eigenvalue weighted by Gasteiger charge is -2.07. The first-order chi connectivity index (χ1) is 8.22. The van der Waals surface area contributed by atoms with Gasteiger partial charge in [0.15, 0.2) is 0 Å². The van der Waals surface area contributed by atoms with Gasteiger partial charge in [-0.2, -0.15) is 0 Å². The van der Waals surface area contributed by atoms with Gasteiger partial charge >= 0.3 is 6.03 Å². The predicted octanol–water partition coefficient (Wildman–Crippen LogP) is 2.08. The lowest BCUT2D eigenvalue weighted by Crippen LogP contribution is -2.29. The summed E-state index contributed by atoms with van der Waals surface area (Å²) in [6.45, 7) is 1.30. The van der Waals surface area contributed by atoms with Crippen molar-refractivity contribution in [2.75, 3.05) is 18.4 Å². The predicted molar refractivity (Wildman–Crippen MR) is 66.3 cm³/mol. The number of nitrogens with one attached hydrogen (secondary N) is 2. The van der Waals surface area contributed by atoms with E-state index in [1.807, 2.05) is 0 Å². The lowest BCUT2D eigenvalue weighted by atomic mass is 10.2. The van der Waals surface area contributed by atoms with E-state index in [1.165, 1.54) is 24.3 Å². The van der Waals surface area contributed by atoms with Crippen LogP contribution in [0.25, 0.3) is 0 Å². The number of halogens is 1. The number of urea groups is 1. The third kappa shape index (κ3) is 5.87. The van der Waals surface area contributed by atoms with Gasteiger partial charge in [-0.1, -0.05) is 6.42 Å². The maximum Gasteiger partial charge on any atom is 0.319 e. The molecule has 4 N–H and O–H groups in total. The fraction of sp³-hybridized carbons (Fsp3) is 0.417. The number of nitrogens with two attached hydrogens (primary N) is 1. The molecule has 0 saturated carbocycles. The minimum atomic E-state index is -0.322. The van der Waals surface area contributed by atoms with Gasteiger partial charge in [0.2, 0.25) is 0 Å². The molecule has 2 amide bonds. The van der Waals surface area contributed by atoms with Gasteiger partial charge in [-0.05, 0) is 43.7 Å². The third-order valence-electron chi connectivity index (χ3n) is 2.27. The molecule has 1 aromatic carbocycles. The van der Waals surface area contributed by atoms with E-state index in [0.717, 1.165) is 19.3 Å². The zero-order valence-corrected chi connectivity index (χ0v) is 9.71. The topological polar surface area (TPSA) is 67.1 Å². The molecule has 0 aliphatic rings. The Morgan fingerprint density at radius 2 is 1.88 bits per heavy atom. The molecule has 0 aliphatic heterocycles. The SMILES string of the molecule is NCCCCCNC(=O)Nc1ccc(F)cc1. The van der Waals surface area contributed by atoms with E-state index in [0.29, 0.717) is 18.8 Å². The van der Waals surface area contributed by atoms with Crippen molar-refractivity contribution >= 4 is 11.7 Å². The van der Waals surface area contributed by atoms with E-state index < -0.39 is 0 Å². The first-order valence-corrected chi connectivity index (χ1v) is 5.73. The number of carbonyl (C=O) groups excluding carboxylic acids is 1. The Balaban J connectivity index is 2.18. The molecule has 1 aromatic rings. The van der Waals surface area contributed by atoms with Crippen molar-refractivity contribution in [1.82, 2.24) is 5.32 Å². The summed E-state index contributed by atoms with van der Waals surface area (Å²) in [6, 6.07) is 5.37. The number of hydrogen-bond acceptors (Lipinski definition) is 2. The van der Waals surface area contributed by atoms with Crippen LogP contribution in [0, 0.1) is 5.82 Å². The highest BCUT2D eigenvalue weighted by molar-refractivity contribution is 5.89. The van der Waals surface area contributed by atoms with Crippen LogP contribution in [0.4, 0.5) is 14.9 Å². The van der Waals surface area contributed by atoms with Crippen molar-refractivity contribution in [2.24, 2.45) is 5.73 Å². The van der Waals surface area contributed by atoms with E-state index in [9.17, 15) is 9.18 Å². The second kappa shape index (κ2) is 7.62. The summed E-state index contributed by atoms with van der Waals surface area (Å²) in [6.07, 6.45) is 2.89. The fourth-order valence-corrected chi connectivity index (χ4v) is 1.36. The van der Waals surface area contributed by atoms with Crippen molar-refractivity contribution in [2.45, 2.75) is 19.3 Å². The highest BCUT2D eigenvalue weighted by Gasteiger charge is 2.00. The van der Waals surface area contributed by atoms with E-state index in [4.69, 9.17) is 5.73 Å². The van der Waals surface area contributed by atoms with E-state index in [2.05, 4.69) is 10.6 Å². The minimum Gasteiger partial charge on any atom is -0.338 e. The number of amides is 2. The number of hydrogen-bond donors (Lipinski definition) is 3. The monoisotopic (exact) mass is 239 g/mol. The van der Waals surface area contributed by atoms with Crippen LogP contribution in [0.1, 0.15) is 19.3 Å². The van der Waals surface area contributed by atoms with Crippen molar-refractivity contribution in [3.05, 3.63) is 30.1 Å². The summed E-state index contributed by atoms with van der Waals surface area (Å²) >= 11 is 0. The number of unbranched alkanes of at least 4 members (excludes halogenated alkanes) is 2. The zero-order chi connectivity index (χ0) is 12.5. The van der Waals surface area contributed by atoms with Crippen LogP contribution in [0.15, 0.2) is 24.3 Å². The van der Waals surface area contributed by atoms with Gasteiger partial charge in [-0.25, -0.2) is 9.18 Å². The molecule has 0 spiro atoms. The first kappa shape index (κ1) is 13.4. The molecule has 5 heteroatoms. The Bertz CT molecular complexity index is 340. The van der Waals surface area contributed by atoms with Gasteiger partial charge in [-0.3, -0.25) is 0 Å². The highest BCUT2D eigenvalue weighted by Crippen LogP contribution is 2.07. The molecule has 17 heavy (non-hydrogen) atoms. The molecule has 4 nitrogen and oxygen atoms in total. The number of benzene rings is 1. The summed E-state index contributed by atoms with van der Waals surface area (Å²) in [5, 5.41) is 5.34. The largest absolute Gasteiger partial charge is 0.338 e. The Hall–Kier alpha value is -1.62. The lowest BCUT2D eigenvalue weighted by molar-refractivity contribution is 0.252. The van der Waals surface area contributed by atoms with Crippen LogP contribution in [0.2, 0.25) is 0 Å². The molecule has 0 heterocycles. The van der Waals surface area contributed by atoms with Gasteiger partial charge in [-0.15, -0.1) is 0 Å². The summed E-state index contributed by atoms with van der Waals surface area (Å²) in [5.41, 5.74) is 5.93. The van der Waals surface area contributed by atoms with Crippen LogP contribution < -0.4 is 16.4 Å². The van der Waals surface area contributed by atoms with Crippen LogP contribution in [-0.4, -0.2) is 19.1 Å². The second-order valence-electron chi connectivity index (χ2n) is 3.74. The van der Waals surface area contributed by atoms with Gasteiger partial charge in [0.05, 0.1) is 0 Å². The number of carbonyl (C=O) groups is 1. The standard InChI is InChI=1S/C12H18FN3O/c13-10-4-6-11(7-5-10)16-12(17)15-9-3-1-2-8-14/h4-7H,1-3,8-9,14H2,(H2,15,16,17). The van der Waals surface area contributed by atoms with Crippen molar-refractivity contribution in [3.63, 3.8) is 0 Å². The van der Waals surface area contributed by atoms with Gasteiger partial charge < -0.3 is 16.4 Å². The Morgan fingerprint density at radius 3 is 2.53 bits per heavy atom. The molecule has 1 rings (SSSR count). The maximum absolute atomic E-state index is 12.6. The Kier molecular flexibility index (Phi) is 6.03. The zero-order valence-electron chi connectivity index (χ0n) is 9.71. The molecule has 0 bridgehead atoms. The van der Waals surface area contributed by atoms with Gasteiger partial charge in [0.25, 0.3) is 0 Å². The summed E-state index contributed by atoms with van der Waals surface area (Å²) in [4.78, 5) is 11.4. The second-order valence-corrected chi connectivity index (χ2v) is 3.74. The Morgan fingerprint density at radius 1 is 1.18 bits per heavy atom. The Labute approximate surface area is 100 Å². The maximum atomic E-state index is 12.6. The molecule has 0 aliphatic carbocycles. The average Bonchev–Trinajstić information content (AvgIpc) is 2.32. The summed E-state index contributed by atoms with van der Waals surface area (Å²) < 4.78 is 12.6. The average molecular weight is 239 g/mol. The molecular weight excluding hydrogens is 221 g/mol. The third-order valence-corrected chi connectivity index (χ3v) is 2.27. The summed E-state index contributed by atoms with van der Waals surface area (Å²) in [7, 11) is 0. The smallest absolute Gasteiger partial charge is 0.319 e. The van der Waals surface area contributed by atoms with Gasteiger partial charge in [0.1, 0.15) is 5.82 Å².